The molecule has 6 unspecified atom stereocenters. The number of benzene rings is 4. The molecule has 0 radical (unpaired) electrons. The average Bonchev–Trinajstić information content (AvgIpc) is 3.60. The fraction of sp³-hybridized carbons (Fsp3) is 0.293. The van der Waals surface area contributed by atoms with E-state index in [9.17, 15) is 28.7 Å². The number of hydrogen-bond acceptors (Lipinski definition) is 6. The van der Waals surface area contributed by atoms with Crippen LogP contribution in [0.5, 0.6) is 0 Å². The van der Waals surface area contributed by atoms with Crippen molar-refractivity contribution in [1.82, 2.24) is 14.8 Å². The van der Waals surface area contributed by atoms with Crippen molar-refractivity contribution in [1.29, 1.82) is 0 Å². The van der Waals surface area contributed by atoms with Gasteiger partial charge in [0.1, 0.15) is 5.82 Å². The normalized spacial score (nSPS) is 26.8. The Morgan fingerprint density at radius 1 is 0.769 bits per heavy atom. The molecule has 11 rings (SSSR count). The Morgan fingerprint density at radius 3 is 1.85 bits per heavy atom. The van der Waals surface area contributed by atoms with Crippen molar-refractivity contribution < 1.29 is 28.7 Å². The fourth-order valence-corrected chi connectivity index (χ4v) is 9.90. The zero-order valence-corrected chi connectivity index (χ0v) is 29.9. The zero-order valence-electron chi connectivity index (χ0n) is 29.1. The van der Waals surface area contributed by atoms with Crippen molar-refractivity contribution >= 4 is 50.9 Å². The Kier molecular flexibility index (Phi) is 7.83. The Bertz CT molecular complexity index is 2330. The van der Waals surface area contributed by atoms with Gasteiger partial charge in [-0.05, 0) is 66.5 Å². The van der Waals surface area contributed by atoms with E-state index in [1.54, 1.807) is 49.0 Å². The number of rotatable bonds is 4. The maximum Gasteiger partial charge on any atom is 0.311 e. The second-order valence-corrected chi connectivity index (χ2v) is 15.6. The molecule has 4 aromatic carbocycles. The van der Waals surface area contributed by atoms with Gasteiger partial charge >= 0.3 is 5.97 Å². The summed E-state index contributed by atoms with van der Waals surface area (Å²) in [6.07, 6.45) is 0.859. The van der Waals surface area contributed by atoms with Gasteiger partial charge in [0.15, 0.2) is 5.13 Å². The predicted molar refractivity (Wildman–Crippen MR) is 196 cm³/mol. The Labute approximate surface area is 304 Å². The van der Waals surface area contributed by atoms with Crippen molar-refractivity contribution in [3.63, 3.8) is 0 Å². The Morgan fingerprint density at radius 2 is 1.27 bits per heavy atom. The molecule has 6 atom stereocenters. The molecule has 52 heavy (non-hydrogen) atoms. The quantitative estimate of drug-likeness (QED) is 0.199. The number of likely N-dealkylation sites (N-methyl/N-ethyl adjacent to an activating group) is 2. The third-order valence-corrected chi connectivity index (χ3v) is 12.5. The molecular weight excluding hydrogens is 680 g/mol. The number of fused-ring (bicyclic) bond motifs is 5. The van der Waals surface area contributed by atoms with Crippen LogP contribution in [0.2, 0.25) is 0 Å². The van der Waals surface area contributed by atoms with Gasteiger partial charge in [-0.25, -0.2) is 9.37 Å². The molecule has 264 valence electrons. The number of nitrogens with zero attached hydrogens (tertiary/aromatic N) is 3. The lowest BCUT2D eigenvalue weighted by Crippen LogP contribution is -2.57. The van der Waals surface area contributed by atoms with Crippen molar-refractivity contribution in [3.8, 4) is 11.3 Å². The van der Waals surface area contributed by atoms with Crippen LogP contribution < -0.4 is 5.32 Å². The molecule has 5 aromatic rings. The van der Waals surface area contributed by atoms with Crippen LogP contribution in [-0.4, -0.2) is 57.7 Å². The summed E-state index contributed by atoms with van der Waals surface area (Å²) in [7, 11) is 3.48. The van der Waals surface area contributed by atoms with Crippen LogP contribution >= 0.6 is 11.3 Å². The van der Waals surface area contributed by atoms with Gasteiger partial charge in [0.05, 0.1) is 40.4 Å². The molecule has 6 aliphatic rings. The Hall–Kier alpha value is -5.42. The highest BCUT2D eigenvalue weighted by Crippen LogP contribution is 2.58. The van der Waals surface area contributed by atoms with Crippen LogP contribution in [0.3, 0.4) is 0 Å². The summed E-state index contributed by atoms with van der Waals surface area (Å²) in [5.41, 5.74) is 3.89. The van der Waals surface area contributed by atoms with E-state index in [-0.39, 0.29) is 47.5 Å². The molecule has 9 nitrogen and oxygen atoms in total. The van der Waals surface area contributed by atoms with E-state index in [2.05, 4.69) is 10.3 Å². The first-order valence-corrected chi connectivity index (χ1v) is 18.1. The molecule has 2 N–H and O–H groups in total. The number of anilines is 1. The molecule has 2 saturated heterocycles. The maximum atomic E-state index is 14.2. The van der Waals surface area contributed by atoms with Crippen LogP contribution in [0, 0.1) is 16.6 Å². The monoisotopic (exact) mass is 716 g/mol. The lowest BCUT2D eigenvalue weighted by atomic mass is 9.60. The number of nitrogens with one attached hydrogen (secondary N) is 1. The topological polar surface area (TPSA) is 120 Å². The van der Waals surface area contributed by atoms with E-state index in [1.165, 1.54) is 17.4 Å². The lowest BCUT2D eigenvalue weighted by molar-refractivity contribution is -0.164. The van der Waals surface area contributed by atoms with Crippen molar-refractivity contribution in [3.05, 3.63) is 118 Å². The van der Waals surface area contributed by atoms with Crippen LogP contribution in [-0.2, 0) is 19.2 Å². The minimum absolute atomic E-state index is 0.0393. The number of halogens is 1. The molecule has 0 saturated carbocycles. The summed E-state index contributed by atoms with van der Waals surface area (Å²) in [6, 6.07) is 25.4. The second-order valence-electron chi connectivity index (χ2n) is 14.7. The molecule has 5 heterocycles. The summed E-state index contributed by atoms with van der Waals surface area (Å²) in [4.78, 5) is 58.2. The number of aliphatic carboxylic acids is 1. The summed E-state index contributed by atoms with van der Waals surface area (Å²) >= 11 is 1.34. The number of amides is 3. The number of carboxylic acids is 1. The van der Waals surface area contributed by atoms with Crippen molar-refractivity contribution in [2.24, 2.45) is 10.8 Å². The highest BCUT2D eigenvalue weighted by molar-refractivity contribution is 7.14. The first-order valence-electron chi connectivity index (χ1n) is 17.2. The van der Waals surface area contributed by atoms with Gasteiger partial charge in [-0.15, -0.1) is 11.3 Å². The van der Waals surface area contributed by atoms with Crippen molar-refractivity contribution in [2.75, 3.05) is 19.4 Å². The number of thiazole rings is 1. The minimum Gasteiger partial charge on any atom is -0.481 e. The molecule has 2 fully saturated rings. The number of carboxylic acid groups (broad SMARTS) is 1. The second kappa shape index (κ2) is 12.1. The van der Waals surface area contributed by atoms with Gasteiger partial charge in [-0.1, -0.05) is 72.8 Å². The van der Waals surface area contributed by atoms with Gasteiger partial charge in [0, 0.05) is 30.4 Å². The van der Waals surface area contributed by atoms with E-state index in [1.807, 2.05) is 73.0 Å². The largest absolute Gasteiger partial charge is 0.481 e. The Balaban J connectivity index is 0.000000181. The smallest absolute Gasteiger partial charge is 0.311 e. The number of aromatic nitrogens is 1. The van der Waals surface area contributed by atoms with Crippen LogP contribution in [0.1, 0.15) is 72.9 Å². The molecular formula is C41H37FN4O5S. The SMILES string of the molecule is CN1C(=O)C2CC(C)(C(=O)Nc3nc(-c4ccc(F)c5ccccc45)cs3)C1c1ccccc12.CN1C(=O)C2CC(C)(C(=O)O)C1c1ccccc12. The minimum atomic E-state index is -0.887. The molecule has 4 bridgehead atoms. The highest BCUT2D eigenvalue weighted by atomic mass is 32.1. The number of carbonyl (C=O) groups excluding carboxylic acids is 3. The molecule has 0 spiro atoms. The number of hydrogen-bond donors (Lipinski definition) is 2. The third kappa shape index (κ3) is 4.89. The van der Waals surface area contributed by atoms with Gasteiger partial charge in [-0.2, -0.15) is 0 Å². The molecule has 4 aliphatic heterocycles. The maximum absolute atomic E-state index is 14.2. The lowest BCUT2D eigenvalue weighted by Gasteiger charge is -2.53. The summed E-state index contributed by atoms with van der Waals surface area (Å²) in [5, 5.41) is 16.2. The van der Waals surface area contributed by atoms with E-state index < -0.39 is 16.8 Å². The van der Waals surface area contributed by atoms with Gasteiger partial charge in [-0.3, -0.25) is 19.2 Å². The van der Waals surface area contributed by atoms with Crippen LogP contribution in [0.25, 0.3) is 22.0 Å². The van der Waals surface area contributed by atoms with Gasteiger partial charge in [0.2, 0.25) is 17.7 Å². The molecule has 11 heteroatoms. The highest BCUT2D eigenvalue weighted by Gasteiger charge is 2.59. The fourth-order valence-electron chi connectivity index (χ4n) is 9.19. The van der Waals surface area contributed by atoms with E-state index >= 15 is 0 Å². The van der Waals surface area contributed by atoms with E-state index in [0.29, 0.717) is 29.1 Å². The number of carbonyl (C=O) groups is 4. The van der Waals surface area contributed by atoms with Gasteiger partial charge in [0.25, 0.3) is 0 Å². The first kappa shape index (κ1) is 33.7. The summed E-state index contributed by atoms with van der Waals surface area (Å²) in [5.74, 6) is -1.78. The zero-order chi connectivity index (χ0) is 36.7. The molecule has 1 aromatic heterocycles. The summed E-state index contributed by atoms with van der Waals surface area (Å²) < 4.78 is 14.2. The van der Waals surface area contributed by atoms with E-state index in [4.69, 9.17) is 0 Å². The van der Waals surface area contributed by atoms with Crippen LogP contribution in [0.4, 0.5) is 9.52 Å². The average molecular weight is 717 g/mol. The van der Waals surface area contributed by atoms with Gasteiger partial charge < -0.3 is 20.2 Å². The molecule has 2 aliphatic carbocycles. The standard InChI is InChI=1S/C27H22FN3O2S.C14H15NO3/c1-27(13-20-16-8-4-6-10-19(16)23(27)31(2)24(20)32)25(33)30-26-29-22(14-34-26)18-11-12-21(28)17-9-5-3-7-15(17)18;1-14(13(17)18)7-10-8-5-3-4-6-9(8)11(14)15(2)12(10)16/h3-12,14,20,23H,13H2,1-2H3,(H,29,30,33);3-6,10-11H,7H2,1-2H3,(H,17,18). The summed E-state index contributed by atoms with van der Waals surface area (Å²) in [6.45, 7) is 3.67. The number of piperidine rings is 2. The van der Waals surface area contributed by atoms with E-state index in [0.717, 1.165) is 33.2 Å². The third-order valence-electron chi connectivity index (χ3n) is 11.7. The predicted octanol–water partition coefficient (Wildman–Crippen LogP) is 7.53. The van der Waals surface area contributed by atoms with Crippen molar-refractivity contribution in [2.45, 2.75) is 50.6 Å². The first-order chi connectivity index (χ1) is 24.8. The van der Waals surface area contributed by atoms with Crippen LogP contribution in [0.15, 0.2) is 90.3 Å². The molecule has 3 amide bonds.